The number of hydrogen-bond donors (Lipinski definition) is 1. The summed E-state index contributed by atoms with van der Waals surface area (Å²) in [6.07, 6.45) is -5.00. The van der Waals surface area contributed by atoms with Crippen LogP contribution in [0.2, 0.25) is 5.28 Å². The maximum Gasteiger partial charge on any atom is 0.416 e. The van der Waals surface area contributed by atoms with Crippen LogP contribution in [0.15, 0.2) is 24.3 Å². The predicted molar refractivity (Wildman–Crippen MR) is 122 cm³/mol. The number of halogens is 6. The molecule has 3 heterocycles. The Morgan fingerprint density at radius 3 is 2.37 bits per heavy atom. The number of H-pyrrole nitrogens is 1. The van der Waals surface area contributed by atoms with Gasteiger partial charge in [-0.05, 0) is 49.1 Å². The monoisotopic (exact) mass is 514 g/mol. The van der Waals surface area contributed by atoms with Gasteiger partial charge in [0.2, 0.25) is 11.2 Å². The van der Waals surface area contributed by atoms with Gasteiger partial charge in [0.1, 0.15) is 11.3 Å². The summed E-state index contributed by atoms with van der Waals surface area (Å²) in [5, 5.41) is 0.0768. The number of nitrogens with zero attached hydrogens (tertiary/aromatic N) is 5. The number of alkyl halides is 5. The molecule has 1 aliphatic heterocycles. The minimum atomic E-state index is -4.45. The number of piperazine rings is 1. The second-order valence-corrected chi connectivity index (χ2v) is 9.80. The first-order valence-electron chi connectivity index (χ1n) is 11.4. The molecule has 0 radical (unpaired) electrons. The Bertz CT molecular complexity index is 1220. The van der Waals surface area contributed by atoms with Crippen LogP contribution in [-0.4, -0.2) is 56.4 Å². The number of aromatic nitrogens is 4. The second kappa shape index (κ2) is 8.55. The highest BCUT2D eigenvalue weighted by molar-refractivity contribution is 6.28. The lowest BCUT2D eigenvalue weighted by Crippen LogP contribution is -2.56. The van der Waals surface area contributed by atoms with Crippen LogP contribution in [-0.2, 0) is 6.18 Å². The lowest BCUT2D eigenvalue weighted by molar-refractivity contribution is -0.137. The fraction of sp³-hybridized carbons (Fsp3) is 0.522. The van der Waals surface area contributed by atoms with Gasteiger partial charge in [-0.25, -0.2) is 13.8 Å². The van der Waals surface area contributed by atoms with Crippen LogP contribution >= 0.6 is 11.6 Å². The van der Waals surface area contributed by atoms with Gasteiger partial charge in [0.05, 0.1) is 5.56 Å². The molecule has 3 aromatic rings. The minimum absolute atomic E-state index is 0.0703. The molecular weight excluding hydrogens is 491 g/mol. The zero-order chi connectivity index (χ0) is 25.1. The Balaban J connectivity index is 1.41. The quantitative estimate of drug-likeness (QED) is 0.361. The van der Waals surface area contributed by atoms with Gasteiger partial charge in [-0.15, -0.1) is 0 Å². The molecule has 2 aromatic heterocycles. The molecule has 35 heavy (non-hydrogen) atoms. The van der Waals surface area contributed by atoms with Crippen LogP contribution in [0.4, 0.5) is 27.8 Å². The van der Waals surface area contributed by atoms with Gasteiger partial charge in [0, 0.05) is 44.6 Å². The number of benzene rings is 1. The van der Waals surface area contributed by atoms with Gasteiger partial charge in [-0.3, -0.25) is 4.90 Å². The van der Waals surface area contributed by atoms with Gasteiger partial charge in [-0.1, -0.05) is 12.1 Å². The summed E-state index contributed by atoms with van der Waals surface area (Å²) in [6.45, 7) is 5.38. The van der Waals surface area contributed by atoms with Gasteiger partial charge in [-0.2, -0.15) is 23.1 Å². The molecule has 1 aliphatic carbocycles. The smallest absolute Gasteiger partial charge is 0.349 e. The molecule has 12 heteroatoms. The summed E-state index contributed by atoms with van der Waals surface area (Å²) in [7, 11) is 0. The summed E-state index contributed by atoms with van der Waals surface area (Å²) in [5.74, 6) is -1.77. The van der Waals surface area contributed by atoms with Crippen molar-refractivity contribution in [3.05, 3.63) is 46.5 Å². The third-order valence-corrected chi connectivity index (χ3v) is 7.06. The molecule has 2 fully saturated rings. The summed E-state index contributed by atoms with van der Waals surface area (Å²) < 4.78 is 66.8. The molecule has 6 nitrogen and oxygen atoms in total. The first-order chi connectivity index (χ1) is 16.4. The third kappa shape index (κ3) is 4.67. The molecule has 2 aliphatic rings. The first-order valence-corrected chi connectivity index (χ1v) is 11.7. The molecule has 2 atom stereocenters. The Morgan fingerprint density at radius 2 is 1.77 bits per heavy atom. The van der Waals surface area contributed by atoms with Gasteiger partial charge in [0.15, 0.2) is 11.5 Å². The van der Waals surface area contributed by atoms with Gasteiger partial charge >= 0.3 is 6.18 Å². The first kappa shape index (κ1) is 24.2. The summed E-state index contributed by atoms with van der Waals surface area (Å²) >= 11 is 6.13. The summed E-state index contributed by atoms with van der Waals surface area (Å²) in [6, 6.07) is 4.42. The van der Waals surface area contributed by atoms with Crippen LogP contribution in [0.1, 0.15) is 42.8 Å². The van der Waals surface area contributed by atoms with E-state index >= 15 is 0 Å². The molecule has 1 N–H and O–H groups in total. The highest BCUT2D eigenvalue weighted by atomic mass is 35.5. The number of nitrogens with one attached hydrogen (secondary N) is 1. The zero-order valence-electron chi connectivity index (χ0n) is 19.1. The number of aryl methyl sites for hydroxylation is 1. The standard InChI is InChI=1S/C23H24ClF5N6/c1-12-11-34(7-8-35(12)20-17-19(31-13(2)30-17)32-21(24)33-20)18(15-9-22(25,26)10-15)14-3-5-16(6-4-14)23(27,28)29/h3-6,12,15,18H,7-11H2,1-2H3,(H,30,31,32,33). The Labute approximate surface area is 203 Å². The predicted octanol–water partition coefficient (Wildman–Crippen LogP) is 5.63. The van der Waals surface area contributed by atoms with E-state index in [2.05, 4.69) is 29.7 Å². The van der Waals surface area contributed by atoms with Crippen molar-refractivity contribution in [2.75, 3.05) is 24.5 Å². The number of imidazole rings is 1. The molecular formula is C23H24ClF5N6. The van der Waals surface area contributed by atoms with E-state index in [1.54, 1.807) is 0 Å². The van der Waals surface area contributed by atoms with Gasteiger partial charge < -0.3 is 9.88 Å². The fourth-order valence-electron chi connectivity index (χ4n) is 5.31. The number of fused-ring (bicyclic) bond motifs is 1. The van der Waals surface area contributed by atoms with Crippen LogP contribution in [0, 0.1) is 12.8 Å². The van der Waals surface area contributed by atoms with Crippen molar-refractivity contribution in [3.63, 3.8) is 0 Å². The number of rotatable bonds is 4. The van der Waals surface area contributed by atoms with Crippen molar-refractivity contribution in [2.24, 2.45) is 5.92 Å². The second-order valence-electron chi connectivity index (χ2n) is 9.46. The molecule has 188 valence electrons. The van der Waals surface area contributed by atoms with E-state index in [4.69, 9.17) is 11.6 Å². The molecule has 0 spiro atoms. The zero-order valence-corrected chi connectivity index (χ0v) is 19.8. The van der Waals surface area contributed by atoms with Gasteiger partial charge in [0.25, 0.3) is 0 Å². The van der Waals surface area contributed by atoms with E-state index in [0.717, 1.165) is 12.1 Å². The van der Waals surface area contributed by atoms with Crippen molar-refractivity contribution < 1.29 is 22.0 Å². The normalized spacial score (nSPS) is 22.4. The molecule has 2 unspecified atom stereocenters. The van der Waals surface area contributed by atoms with E-state index in [-0.39, 0.29) is 30.1 Å². The summed E-state index contributed by atoms with van der Waals surface area (Å²) in [4.78, 5) is 20.3. The lowest BCUT2D eigenvalue weighted by Gasteiger charge is -2.49. The highest BCUT2D eigenvalue weighted by Gasteiger charge is 2.50. The number of hydrogen-bond acceptors (Lipinski definition) is 5. The van der Waals surface area contributed by atoms with E-state index in [1.165, 1.54) is 12.1 Å². The van der Waals surface area contributed by atoms with Crippen LogP contribution in [0.3, 0.4) is 0 Å². The van der Waals surface area contributed by atoms with Crippen LogP contribution < -0.4 is 4.90 Å². The van der Waals surface area contributed by atoms with E-state index < -0.39 is 23.7 Å². The minimum Gasteiger partial charge on any atom is -0.349 e. The Morgan fingerprint density at radius 1 is 1.09 bits per heavy atom. The lowest BCUT2D eigenvalue weighted by atomic mass is 9.73. The van der Waals surface area contributed by atoms with Crippen molar-refractivity contribution >= 4 is 28.6 Å². The largest absolute Gasteiger partial charge is 0.416 e. The maximum absolute atomic E-state index is 13.8. The molecule has 1 saturated carbocycles. The molecule has 5 rings (SSSR count). The van der Waals surface area contributed by atoms with E-state index in [0.29, 0.717) is 48.0 Å². The van der Waals surface area contributed by atoms with Crippen molar-refractivity contribution in [1.29, 1.82) is 0 Å². The van der Waals surface area contributed by atoms with Crippen molar-refractivity contribution in [2.45, 2.75) is 50.9 Å². The third-order valence-electron chi connectivity index (χ3n) is 6.90. The molecule has 0 bridgehead atoms. The highest BCUT2D eigenvalue weighted by Crippen LogP contribution is 2.51. The average Bonchev–Trinajstić information content (AvgIpc) is 3.12. The Kier molecular flexibility index (Phi) is 5.90. The van der Waals surface area contributed by atoms with E-state index in [1.807, 2.05) is 13.8 Å². The van der Waals surface area contributed by atoms with Crippen LogP contribution in [0.25, 0.3) is 11.2 Å². The number of anilines is 1. The fourth-order valence-corrected chi connectivity index (χ4v) is 5.47. The van der Waals surface area contributed by atoms with Crippen molar-refractivity contribution in [1.82, 2.24) is 24.8 Å². The van der Waals surface area contributed by atoms with E-state index in [9.17, 15) is 22.0 Å². The molecule has 0 amide bonds. The summed E-state index contributed by atoms with van der Waals surface area (Å²) in [5.41, 5.74) is 1.00. The number of aromatic amines is 1. The van der Waals surface area contributed by atoms with Crippen molar-refractivity contribution in [3.8, 4) is 0 Å². The maximum atomic E-state index is 13.8. The topological polar surface area (TPSA) is 60.9 Å². The molecule has 1 aromatic carbocycles. The average molecular weight is 515 g/mol. The Hall–Kier alpha value is -2.53. The SMILES string of the molecule is Cc1nc2nc(Cl)nc(N3CCN(C(c4ccc(C(F)(F)F)cc4)C4CC(F)(F)C4)CC3C)c2[nH]1. The van der Waals surface area contributed by atoms with Crippen LogP contribution in [0.5, 0.6) is 0 Å². The molecule has 1 saturated heterocycles.